The Balaban J connectivity index is 1.51. The molecule has 2 aromatic rings. The fourth-order valence-electron chi connectivity index (χ4n) is 5.98. The molecule has 5 rings (SSSR count). The van der Waals surface area contributed by atoms with Crippen molar-refractivity contribution in [3.63, 3.8) is 0 Å². The van der Waals surface area contributed by atoms with Gasteiger partial charge in [-0.3, -0.25) is 4.90 Å². The highest BCUT2D eigenvalue weighted by molar-refractivity contribution is 5.85. The molecule has 0 radical (unpaired) electrons. The van der Waals surface area contributed by atoms with Crippen LogP contribution in [-0.4, -0.2) is 47.9 Å². The Hall–Kier alpha value is -1.36. The van der Waals surface area contributed by atoms with Gasteiger partial charge in [0.1, 0.15) is 0 Å². The van der Waals surface area contributed by atoms with Gasteiger partial charge in [0, 0.05) is 49.3 Å². The van der Waals surface area contributed by atoms with Crippen molar-refractivity contribution < 1.29 is 9.84 Å². The quantitative estimate of drug-likeness (QED) is 0.883. The van der Waals surface area contributed by atoms with Crippen LogP contribution in [0.4, 0.5) is 0 Å². The Kier molecular flexibility index (Phi) is 3.88. The summed E-state index contributed by atoms with van der Waals surface area (Å²) in [6, 6.07) is 9.19. The van der Waals surface area contributed by atoms with Gasteiger partial charge in [-0.05, 0) is 49.1 Å². The minimum Gasteiger partial charge on any atom is -0.396 e. The van der Waals surface area contributed by atoms with Gasteiger partial charge in [-0.15, -0.1) is 0 Å². The zero-order valence-electron chi connectivity index (χ0n) is 14.9. The van der Waals surface area contributed by atoms with E-state index in [2.05, 4.69) is 34.1 Å². The first kappa shape index (κ1) is 15.9. The van der Waals surface area contributed by atoms with E-state index in [0.29, 0.717) is 23.8 Å². The summed E-state index contributed by atoms with van der Waals surface area (Å²) < 4.78 is 5.72. The molecule has 2 N–H and O–H groups in total. The van der Waals surface area contributed by atoms with Crippen molar-refractivity contribution in [1.29, 1.82) is 0 Å². The minimum atomic E-state index is 0.226. The number of aromatic nitrogens is 1. The maximum atomic E-state index is 10.0. The van der Waals surface area contributed by atoms with Gasteiger partial charge in [-0.25, -0.2) is 0 Å². The van der Waals surface area contributed by atoms with E-state index in [-0.39, 0.29) is 12.7 Å². The molecule has 0 spiro atoms. The largest absolute Gasteiger partial charge is 0.396 e. The number of piperidine rings is 1. The Morgan fingerprint density at radius 1 is 1.28 bits per heavy atom. The molecular formula is C21H28N2O2. The Morgan fingerprint density at radius 2 is 2.16 bits per heavy atom. The second-order valence-electron chi connectivity index (χ2n) is 8.18. The van der Waals surface area contributed by atoms with Crippen molar-refractivity contribution in [2.24, 2.45) is 17.8 Å². The lowest BCUT2D eigenvalue weighted by Crippen LogP contribution is -2.52. The number of ether oxygens (including phenoxy) is 1. The second-order valence-corrected chi connectivity index (χ2v) is 8.18. The molecule has 25 heavy (non-hydrogen) atoms. The topological polar surface area (TPSA) is 48.5 Å². The molecule has 3 aliphatic rings. The Morgan fingerprint density at radius 3 is 3.00 bits per heavy atom. The van der Waals surface area contributed by atoms with Crippen LogP contribution < -0.4 is 0 Å². The van der Waals surface area contributed by atoms with Crippen LogP contribution in [0.1, 0.15) is 36.6 Å². The Labute approximate surface area is 149 Å². The third-order valence-corrected chi connectivity index (χ3v) is 7.20. The molecule has 1 saturated carbocycles. The van der Waals surface area contributed by atoms with Crippen molar-refractivity contribution in [3.8, 4) is 0 Å². The lowest BCUT2D eigenvalue weighted by atomic mass is 9.65. The summed E-state index contributed by atoms with van der Waals surface area (Å²) in [5.41, 5.74) is 4.23. The average Bonchev–Trinajstić information content (AvgIpc) is 3.04. The van der Waals surface area contributed by atoms with Gasteiger partial charge in [-0.1, -0.05) is 18.2 Å². The summed E-state index contributed by atoms with van der Waals surface area (Å²) in [6.45, 7) is 2.60. The first-order chi connectivity index (χ1) is 12.3. The van der Waals surface area contributed by atoms with Crippen LogP contribution in [0.25, 0.3) is 10.9 Å². The van der Waals surface area contributed by atoms with Crippen LogP contribution in [0.15, 0.2) is 24.3 Å². The molecule has 0 amide bonds. The van der Waals surface area contributed by atoms with Gasteiger partial charge < -0.3 is 14.8 Å². The van der Waals surface area contributed by atoms with E-state index in [0.717, 1.165) is 19.3 Å². The molecular weight excluding hydrogens is 312 g/mol. The molecule has 1 aromatic carbocycles. The van der Waals surface area contributed by atoms with Crippen molar-refractivity contribution in [2.45, 2.75) is 37.8 Å². The predicted molar refractivity (Wildman–Crippen MR) is 98.5 cm³/mol. The second kappa shape index (κ2) is 6.11. The molecule has 3 heterocycles. The summed E-state index contributed by atoms with van der Waals surface area (Å²) in [5.74, 6) is 1.58. The molecule has 1 saturated heterocycles. The standard InChI is InChI=1S/C21H28N2O2/c1-25-20-7-6-13-11-23-9-8-15-14-4-2-3-5-18(14)22-21(15)19(23)10-16(13)17(20)12-24/h2-5,13,16-17,19-20,22,24H,6-12H2,1H3. The van der Waals surface area contributed by atoms with Crippen LogP contribution in [0.3, 0.4) is 0 Å². The van der Waals surface area contributed by atoms with Gasteiger partial charge in [-0.2, -0.15) is 0 Å². The van der Waals surface area contributed by atoms with Crippen molar-refractivity contribution in [1.82, 2.24) is 9.88 Å². The smallest absolute Gasteiger partial charge is 0.0624 e. The van der Waals surface area contributed by atoms with Crippen molar-refractivity contribution in [3.05, 3.63) is 35.5 Å². The fourth-order valence-corrected chi connectivity index (χ4v) is 5.98. The van der Waals surface area contributed by atoms with Gasteiger partial charge in [0.05, 0.1) is 12.1 Å². The molecule has 1 aromatic heterocycles. The van der Waals surface area contributed by atoms with E-state index in [1.54, 1.807) is 7.11 Å². The van der Waals surface area contributed by atoms with Crippen LogP contribution in [0.5, 0.6) is 0 Å². The predicted octanol–water partition coefficient (Wildman–Crippen LogP) is 3.12. The monoisotopic (exact) mass is 340 g/mol. The van der Waals surface area contributed by atoms with Crippen LogP contribution in [0, 0.1) is 17.8 Å². The van der Waals surface area contributed by atoms with E-state index >= 15 is 0 Å². The van der Waals surface area contributed by atoms with E-state index in [1.165, 1.54) is 41.7 Å². The highest BCUT2D eigenvalue weighted by atomic mass is 16.5. The number of aliphatic hydroxyl groups excluding tert-OH is 1. The van der Waals surface area contributed by atoms with E-state index in [4.69, 9.17) is 4.74 Å². The number of H-pyrrole nitrogens is 1. The molecule has 2 aliphatic heterocycles. The van der Waals surface area contributed by atoms with Crippen LogP contribution in [0.2, 0.25) is 0 Å². The maximum absolute atomic E-state index is 10.0. The summed E-state index contributed by atoms with van der Waals surface area (Å²) in [4.78, 5) is 6.43. The van der Waals surface area contributed by atoms with Gasteiger partial charge in [0.25, 0.3) is 0 Å². The first-order valence-electron chi connectivity index (χ1n) is 9.77. The average molecular weight is 340 g/mol. The highest BCUT2D eigenvalue weighted by Gasteiger charge is 2.46. The highest BCUT2D eigenvalue weighted by Crippen LogP contribution is 2.49. The van der Waals surface area contributed by atoms with Gasteiger partial charge in [0.15, 0.2) is 0 Å². The molecule has 1 aliphatic carbocycles. The minimum absolute atomic E-state index is 0.226. The molecule has 2 fully saturated rings. The number of aromatic amines is 1. The number of nitrogens with zero attached hydrogens (tertiary/aromatic N) is 1. The molecule has 5 unspecified atom stereocenters. The number of aliphatic hydroxyl groups is 1. The normalized spacial score (nSPS) is 35.2. The van der Waals surface area contributed by atoms with E-state index in [9.17, 15) is 5.11 Å². The van der Waals surface area contributed by atoms with Gasteiger partial charge >= 0.3 is 0 Å². The number of hydrogen-bond donors (Lipinski definition) is 2. The van der Waals surface area contributed by atoms with Gasteiger partial charge in [0.2, 0.25) is 0 Å². The summed E-state index contributed by atoms with van der Waals surface area (Å²) in [5, 5.41) is 11.4. The third kappa shape index (κ3) is 2.38. The zero-order valence-corrected chi connectivity index (χ0v) is 14.9. The van der Waals surface area contributed by atoms with E-state index in [1.807, 2.05) is 0 Å². The number of benzene rings is 1. The molecule has 5 atom stereocenters. The Bertz CT molecular complexity index is 770. The lowest BCUT2D eigenvalue weighted by Gasteiger charge is -2.52. The SMILES string of the molecule is COC1CCC2CN3CCc4c([nH]c5ccccc45)C3CC2C1CO. The summed E-state index contributed by atoms with van der Waals surface area (Å²) >= 11 is 0. The van der Waals surface area contributed by atoms with Crippen LogP contribution >= 0.6 is 0 Å². The number of hydrogen-bond acceptors (Lipinski definition) is 3. The zero-order chi connectivity index (χ0) is 17.0. The molecule has 134 valence electrons. The van der Waals surface area contributed by atoms with Crippen molar-refractivity contribution >= 4 is 10.9 Å². The first-order valence-corrected chi connectivity index (χ1v) is 9.77. The third-order valence-electron chi connectivity index (χ3n) is 7.20. The maximum Gasteiger partial charge on any atom is 0.0624 e. The van der Waals surface area contributed by atoms with Crippen molar-refractivity contribution in [2.75, 3.05) is 26.8 Å². The number of fused-ring (bicyclic) bond motifs is 6. The number of methoxy groups -OCH3 is 1. The number of para-hydroxylation sites is 1. The molecule has 4 heteroatoms. The number of nitrogens with one attached hydrogen (secondary N) is 1. The molecule has 0 bridgehead atoms. The lowest BCUT2D eigenvalue weighted by molar-refractivity contribution is -0.0866. The fraction of sp³-hybridized carbons (Fsp3) is 0.619. The van der Waals surface area contributed by atoms with E-state index < -0.39 is 0 Å². The summed E-state index contributed by atoms with van der Waals surface area (Å²) in [7, 11) is 1.80. The molecule has 4 nitrogen and oxygen atoms in total. The van der Waals surface area contributed by atoms with Crippen LogP contribution in [-0.2, 0) is 11.2 Å². The number of rotatable bonds is 2. The summed E-state index contributed by atoms with van der Waals surface area (Å²) in [6.07, 6.45) is 4.86.